The number of aliphatic hydroxyl groups excluding tert-OH is 1. The maximum absolute atomic E-state index is 13.5. The van der Waals surface area contributed by atoms with Gasteiger partial charge in [-0.05, 0) is 35.9 Å². The maximum atomic E-state index is 13.5. The Morgan fingerprint density at radius 1 is 1.36 bits per heavy atom. The molecule has 0 unspecified atom stereocenters. The van der Waals surface area contributed by atoms with E-state index >= 15 is 0 Å². The van der Waals surface area contributed by atoms with E-state index in [4.69, 9.17) is 4.74 Å². The van der Waals surface area contributed by atoms with Crippen LogP contribution in [0.1, 0.15) is 39.2 Å². The van der Waals surface area contributed by atoms with E-state index in [0.717, 1.165) is 6.08 Å². The number of ether oxygens (including phenoxy) is 1. The number of hydrogen-bond donors (Lipinski definition) is 2. The Balaban J connectivity index is 1.96. The quantitative estimate of drug-likeness (QED) is 0.276. The number of halogens is 1. The summed E-state index contributed by atoms with van der Waals surface area (Å²) < 4.78 is 19.9. The van der Waals surface area contributed by atoms with Crippen molar-refractivity contribution < 1.29 is 23.8 Å². The van der Waals surface area contributed by atoms with Gasteiger partial charge in [-0.2, -0.15) is 5.21 Å². The molecule has 9 nitrogen and oxygen atoms in total. The third-order valence-electron chi connectivity index (χ3n) is 3.74. The highest BCUT2D eigenvalue weighted by atomic mass is 19.1. The van der Waals surface area contributed by atoms with E-state index in [2.05, 4.69) is 20.6 Å². The van der Waals surface area contributed by atoms with Gasteiger partial charge in [-0.25, -0.2) is 9.18 Å². The van der Waals surface area contributed by atoms with Crippen LogP contribution < -0.4 is 0 Å². The Hall–Kier alpha value is -3.82. The topological polar surface area (TPSA) is 123 Å². The molecule has 0 atom stereocenters. The van der Waals surface area contributed by atoms with Crippen LogP contribution in [0.4, 0.5) is 4.39 Å². The molecule has 144 valence electrons. The molecular formula is C18H16FN5O4. The summed E-state index contributed by atoms with van der Waals surface area (Å²) in [5.74, 6) is -2.26. The van der Waals surface area contributed by atoms with Gasteiger partial charge in [-0.3, -0.25) is 4.79 Å². The molecular weight excluding hydrogens is 369 g/mol. The highest BCUT2D eigenvalue weighted by molar-refractivity contribution is 6.08. The molecule has 0 bridgehead atoms. The van der Waals surface area contributed by atoms with Crippen molar-refractivity contribution in [2.45, 2.75) is 13.5 Å². The molecule has 0 spiro atoms. The molecule has 0 saturated heterocycles. The number of allylic oxidation sites excluding steroid dienone is 1. The van der Waals surface area contributed by atoms with E-state index in [1.807, 2.05) is 0 Å². The van der Waals surface area contributed by atoms with Crippen LogP contribution in [0.25, 0.3) is 5.76 Å². The number of esters is 1. The lowest BCUT2D eigenvalue weighted by molar-refractivity contribution is 0.0526. The molecule has 0 saturated carbocycles. The number of nitrogens with one attached hydrogen (secondary N) is 1. The second-order valence-corrected chi connectivity index (χ2v) is 5.72. The Morgan fingerprint density at radius 3 is 2.86 bits per heavy atom. The van der Waals surface area contributed by atoms with Crippen molar-refractivity contribution >= 4 is 17.5 Å². The number of nitrogens with zero attached hydrogens (tertiary/aromatic N) is 4. The van der Waals surface area contributed by atoms with Gasteiger partial charge in [0.15, 0.2) is 5.76 Å². The second kappa shape index (κ2) is 8.25. The third-order valence-corrected chi connectivity index (χ3v) is 3.74. The number of H-pyrrole nitrogens is 1. The highest BCUT2D eigenvalue weighted by Crippen LogP contribution is 2.16. The molecule has 2 N–H and O–H groups in total. The summed E-state index contributed by atoms with van der Waals surface area (Å²) in [6.45, 7) is 1.98. The molecule has 0 aliphatic carbocycles. The van der Waals surface area contributed by atoms with E-state index in [9.17, 15) is 19.1 Å². The first-order chi connectivity index (χ1) is 13.5. The van der Waals surface area contributed by atoms with Crippen molar-refractivity contribution in [2.75, 3.05) is 6.61 Å². The van der Waals surface area contributed by atoms with Gasteiger partial charge in [0, 0.05) is 18.8 Å². The molecule has 28 heavy (non-hydrogen) atoms. The van der Waals surface area contributed by atoms with Crippen molar-refractivity contribution in [3.05, 3.63) is 71.1 Å². The summed E-state index contributed by atoms with van der Waals surface area (Å²) in [5.41, 5.74) is 0.850. The first-order valence-corrected chi connectivity index (χ1v) is 8.28. The summed E-state index contributed by atoms with van der Waals surface area (Å²) in [4.78, 5) is 24.7. The molecule has 2 aromatic heterocycles. The van der Waals surface area contributed by atoms with Crippen molar-refractivity contribution in [3.8, 4) is 0 Å². The molecule has 1 aromatic carbocycles. The lowest BCUT2D eigenvalue weighted by atomic mass is 10.2. The number of hydrogen-bond acceptors (Lipinski definition) is 7. The van der Waals surface area contributed by atoms with Crippen LogP contribution in [-0.2, 0) is 11.3 Å². The fourth-order valence-corrected chi connectivity index (χ4v) is 2.54. The molecule has 0 fully saturated rings. The summed E-state index contributed by atoms with van der Waals surface area (Å²) in [7, 11) is 0. The number of rotatable bonds is 7. The molecule has 2 heterocycles. The summed E-state index contributed by atoms with van der Waals surface area (Å²) in [6.07, 6.45) is 2.35. The van der Waals surface area contributed by atoms with E-state index < -0.39 is 23.3 Å². The van der Waals surface area contributed by atoms with Crippen molar-refractivity contribution in [1.29, 1.82) is 0 Å². The standard InChI is InChI=1S/C18H16FN5O4/c1-2-28-18(27)12-7-14(15(25)8-16(26)17-20-22-23-21-17)24(10-12)9-11-4-3-5-13(19)6-11/h3-8,10,26H,2,9H2,1H3,(H,20,21,22,23). The van der Waals surface area contributed by atoms with E-state index in [1.165, 1.54) is 29.0 Å². The number of tetrazole rings is 1. The average Bonchev–Trinajstić information content (AvgIpc) is 3.32. The van der Waals surface area contributed by atoms with Crippen LogP contribution in [0.5, 0.6) is 0 Å². The van der Waals surface area contributed by atoms with Gasteiger partial charge < -0.3 is 14.4 Å². The monoisotopic (exact) mass is 385 g/mol. The molecule has 3 aromatic rings. The van der Waals surface area contributed by atoms with Crippen LogP contribution in [0.2, 0.25) is 0 Å². The van der Waals surface area contributed by atoms with Crippen molar-refractivity contribution in [2.24, 2.45) is 0 Å². The smallest absolute Gasteiger partial charge is 0.339 e. The predicted octanol–water partition coefficient (Wildman–Crippen LogP) is 2.15. The van der Waals surface area contributed by atoms with Crippen LogP contribution >= 0.6 is 0 Å². The number of ketones is 1. The van der Waals surface area contributed by atoms with Crippen molar-refractivity contribution in [3.63, 3.8) is 0 Å². The molecule has 3 rings (SSSR count). The van der Waals surface area contributed by atoms with E-state index in [1.54, 1.807) is 19.1 Å². The van der Waals surface area contributed by atoms with Gasteiger partial charge in [0.25, 0.3) is 0 Å². The lowest BCUT2D eigenvalue weighted by Gasteiger charge is -2.07. The molecule has 0 aliphatic heterocycles. The lowest BCUT2D eigenvalue weighted by Crippen LogP contribution is -2.08. The Morgan fingerprint density at radius 2 is 2.18 bits per heavy atom. The number of aromatic nitrogens is 5. The number of carbonyl (C=O) groups excluding carboxylic acids is 2. The minimum atomic E-state index is -0.603. The van der Waals surface area contributed by atoms with Crippen LogP contribution in [-0.4, -0.2) is 48.7 Å². The van der Waals surface area contributed by atoms with Crippen LogP contribution in [0.15, 0.2) is 42.6 Å². The second-order valence-electron chi connectivity index (χ2n) is 5.72. The normalized spacial score (nSPS) is 11.4. The summed E-state index contributed by atoms with van der Waals surface area (Å²) in [5, 5.41) is 22.6. The highest BCUT2D eigenvalue weighted by Gasteiger charge is 2.19. The number of aliphatic hydroxyl groups is 1. The SMILES string of the molecule is CCOC(=O)c1cc(C(=O)C=C(O)c2nn[nH]n2)n(Cc2cccc(F)c2)c1. The molecule has 10 heteroatoms. The van der Waals surface area contributed by atoms with Crippen molar-refractivity contribution in [1.82, 2.24) is 25.2 Å². The van der Waals surface area contributed by atoms with Crippen LogP contribution in [0, 0.1) is 5.82 Å². The minimum Gasteiger partial charge on any atom is -0.504 e. The third kappa shape index (κ3) is 4.29. The van der Waals surface area contributed by atoms with E-state index in [0.29, 0.717) is 5.56 Å². The Kier molecular flexibility index (Phi) is 5.58. The van der Waals surface area contributed by atoms with Gasteiger partial charge in [-0.15, -0.1) is 10.2 Å². The van der Waals surface area contributed by atoms with Crippen LogP contribution in [0.3, 0.4) is 0 Å². The van der Waals surface area contributed by atoms with Gasteiger partial charge in [0.1, 0.15) is 5.82 Å². The predicted molar refractivity (Wildman–Crippen MR) is 95.0 cm³/mol. The fraction of sp³-hybridized carbons (Fsp3) is 0.167. The average molecular weight is 385 g/mol. The summed E-state index contributed by atoms with van der Waals surface area (Å²) >= 11 is 0. The fourth-order valence-electron chi connectivity index (χ4n) is 2.54. The van der Waals surface area contributed by atoms with Gasteiger partial charge in [0.2, 0.25) is 11.6 Å². The minimum absolute atomic E-state index is 0.0994. The van der Waals surface area contributed by atoms with Gasteiger partial charge in [-0.1, -0.05) is 12.1 Å². The zero-order valence-corrected chi connectivity index (χ0v) is 14.8. The van der Waals surface area contributed by atoms with Gasteiger partial charge >= 0.3 is 5.97 Å². The zero-order chi connectivity index (χ0) is 20.1. The molecule has 0 aliphatic rings. The molecule has 0 radical (unpaired) electrons. The van der Waals surface area contributed by atoms with Gasteiger partial charge in [0.05, 0.1) is 17.9 Å². The number of benzene rings is 1. The maximum Gasteiger partial charge on any atom is 0.339 e. The first kappa shape index (κ1) is 19.0. The molecule has 0 amide bonds. The largest absolute Gasteiger partial charge is 0.504 e. The summed E-state index contributed by atoms with van der Waals surface area (Å²) in [6, 6.07) is 7.21. The Bertz CT molecular complexity index is 1030. The zero-order valence-electron chi connectivity index (χ0n) is 14.8. The number of carbonyl (C=O) groups is 2. The first-order valence-electron chi connectivity index (χ1n) is 8.28. The Labute approximate surface area is 158 Å². The van der Waals surface area contributed by atoms with E-state index in [-0.39, 0.29) is 30.2 Å². The number of aromatic amines is 1.